The van der Waals surface area contributed by atoms with Crippen LogP contribution in [0.5, 0.6) is 5.75 Å². The molecule has 0 spiro atoms. The van der Waals surface area contributed by atoms with Crippen molar-refractivity contribution in [1.82, 2.24) is 15.3 Å². The molecule has 1 N–H and O–H groups in total. The molecule has 8 heteroatoms. The number of morpholine rings is 1. The number of rotatable bonds is 7. The quantitative estimate of drug-likeness (QED) is 0.628. The smallest absolute Gasteiger partial charge is 0.271 e. The molecule has 1 aromatic carbocycles. The standard InChI is InChI=1S/C22H24N4O3S/c1-16-2-5-18(6-3-16)29-14-21-25-19(15-30-21)22(27)24-13-17-4-7-20(23-12-17)26-8-10-28-11-9-26/h2-7,12,15H,8-11,13-14H2,1H3,(H,24,27). The van der Waals surface area contributed by atoms with Crippen molar-refractivity contribution in [3.8, 4) is 5.75 Å². The van der Waals surface area contributed by atoms with E-state index in [-0.39, 0.29) is 5.91 Å². The topological polar surface area (TPSA) is 76.6 Å². The van der Waals surface area contributed by atoms with Crippen molar-refractivity contribution in [3.63, 3.8) is 0 Å². The maximum absolute atomic E-state index is 12.4. The molecular weight excluding hydrogens is 400 g/mol. The maximum Gasteiger partial charge on any atom is 0.271 e. The molecule has 3 heterocycles. The van der Waals surface area contributed by atoms with Gasteiger partial charge in [0.1, 0.15) is 28.9 Å². The number of ether oxygens (including phenoxy) is 2. The lowest BCUT2D eigenvalue weighted by molar-refractivity contribution is 0.0946. The zero-order valence-electron chi connectivity index (χ0n) is 16.8. The first kappa shape index (κ1) is 20.3. The van der Waals surface area contributed by atoms with Crippen molar-refractivity contribution >= 4 is 23.1 Å². The number of hydrogen-bond acceptors (Lipinski definition) is 7. The predicted octanol–water partition coefficient (Wildman–Crippen LogP) is 3.19. The number of pyridine rings is 1. The second-order valence-electron chi connectivity index (χ2n) is 7.03. The molecule has 1 aliphatic rings. The molecule has 0 aliphatic carbocycles. The number of amides is 1. The van der Waals surface area contributed by atoms with Gasteiger partial charge < -0.3 is 19.7 Å². The maximum atomic E-state index is 12.4. The van der Waals surface area contributed by atoms with Crippen LogP contribution in [0.2, 0.25) is 0 Å². The van der Waals surface area contributed by atoms with Gasteiger partial charge in [0.15, 0.2) is 0 Å². The number of thiazole rings is 1. The molecule has 30 heavy (non-hydrogen) atoms. The van der Waals surface area contributed by atoms with Crippen LogP contribution in [0.4, 0.5) is 5.82 Å². The second kappa shape index (κ2) is 9.69. The van der Waals surface area contributed by atoms with Gasteiger partial charge >= 0.3 is 0 Å². The van der Waals surface area contributed by atoms with Crippen LogP contribution in [0.3, 0.4) is 0 Å². The summed E-state index contributed by atoms with van der Waals surface area (Å²) in [4.78, 5) is 23.5. The zero-order chi connectivity index (χ0) is 20.8. The lowest BCUT2D eigenvalue weighted by atomic mass is 10.2. The summed E-state index contributed by atoms with van der Waals surface area (Å²) in [5.41, 5.74) is 2.53. The Kier molecular flexibility index (Phi) is 6.56. The Bertz CT molecular complexity index is 967. The van der Waals surface area contributed by atoms with E-state index < -0.39 is 0 Å². The third-order valence-electron chi connectivity index (χ3n) is 4.76. The Morgan fingerprint density at radius 1 is 1.20 bits per heavy atom. The van der Waals surface area contributed by atoms with E-state index in [4.69, 9.17) is 9.47 Å². The van der Waals surface area contributed by atoms with Gasteiger partial charge in [0, 0.05) is 31.2 Å². The highest BCUT2D eigenvalue weighted by Crippen LogP contribution is 2.17. The van der Waals surface area contributed by atoms with Gasteiger partial charge in [0.25, 0.3) is 5.91 Å². The SMILES string of the molecule is Cc1ccc(OCc2nc(C(=O)NCc3ccc(N4CCOCC4)nc3)cs2)cc1. The van der Waals surface area contributed by atoms with Gasteiger partial charge in [-0.25, -0.2) is 9.97 Å². The third kappa shape index (κ3) is 5.34. The monoisotopic (exact) mass is 424 g/mol. The Morgan fingerprint density at radius 3 is 2.73 bits per heavy atom. The highest BCUT2D eigenvalue weighted by molar-refractivity contribution is 7.09. The molecular formula is C22H24N4O3S. The second-order valence-corrected chi connectivity index (χ2v) is 7.98. The highest BCUT2D eigenvalue weighted by Gasteiger charge is 2.13. The third-order valence-corrected chi connectivity index (χ3v) is 5.59. The number of aryl methyl sites for hydroxylation is 1. The van der Waals surface area contributed by atoms with E-state index in [0.717, 1.165) is 48.4 Å². The van der Waals surface area contributed by atoms with E-state index in [2.05, 4.69) is 20.2 Å². The summed E-state index contributed by atoms with van der Waals surface area (Å²) in [6.45, 7) is 5.93. The minimum atomic E-state index is -0.204. The molecule has 156 valence electrons. The molecule has 0 atom stereocenters. The molecule has 2 aromatic heterocycles. The van der Waals surface area contributed by atoms with Gasteiger partial charge in [0.2, 0.25) is 0 Å². The number of benzene rings is 1. The molecule has 4 rings (SSSR count). The van der Waals surface area contributed by atoms with E-state index in [1.807, 2.05) is 43.3 Å². The van der Waals surface area contributed by atoms with Gasteiger partial charge in [-0.3, -0.25) is 4.79 Å². The first-order valence-corrected chi connectivity index (χ1v) is 10.7. The molecule has 7 nitrogen and oxygen atoms in total. The Balaban J connectivity index is 1.26. The van der Waals surface area contributed by atoms with Crippen molar-refractivity contribution in [3.05, 3.63) is 69.8 Å². The summed E-state index contributed by atoms with van der Waals surface area (Å²) < 4.78 is 11.1. The van der Waals surface area contributed by atoms with Crippen LogP contribution in [0.25, 0.3) is 0 Å². The summed E-state index contributed by atoms with van der Waals surface area (Å²) in [5, 5.41) is 5.41. The predicted molar refractivity (Wildman–Crippen MR) is 116 cm³/mol. The summed E-state index contributed by atoms with van der Waals surface area (Å²) in [6.07, 6.45) is 1.80. The lowest BCUT2D eigenvalue weighted by Crippen LogP contribution is -2.36. The number of anilines is 1. The minimum Gasteiger partial charge on any atom is -0.486 e. The van der Waals surface area contributed by atoms with Gasteiger partial charge in [-0.15, -0.1) is 11.3 Å². The highest BCUT2D eigenvalue weighted by atomic mass is 32.1. The fourth-order valence-electron chi connectivity index (χ4n) is 3.03. The molecule has 0 radical (unpaired) electrons. The van der Waals surface area contributed by atoms with E-state index in [1.54, 1.807) is 11.6 Å². The minimum absolute atomic E-state index is 0.204. The summed E-state index contributed by atoms with van der Waals surface area (Å²) in [7, 11) is 0. The van der Waals surface area contributed by atoms with E-state index >= 15 is 0 Å². The molecule has 0 bridgehead atoms. The van der Waals surface area contributed by atoms with Crippen LogP contribution in [0, 0.1) is 6.92 Å². The zero-order valence-corrected chi connectivity index (χ0v) is 17.7. The molecule has 1 fully saturated rings. The van der Waals surface area contributed by atoms with Crippen molar-refractivity contribution in [2.45, 2.75) is 20.1 Å². The molecule has 1 saturated heterocycles. The van der Waals surface area contributed by atoms with E-state index in [1.165, 1.54) is 16.9 Å². The number of hydrogen-bond donors (Lipinski definition) is 1. The number of nitrogens with zero attached hydrogens (tertiary/aromatic N) is 3. The average molecular weight is 425 g/mol. The van der Waals surface area contributed by atoms with E-state index in [0.29, 0.717) is 18.8 Å². The lowest BCUT2D eigenvalue weighted by Gasteiger charge is -2.27. The van der Waals surface area contributed by atoms with Gasteiger partial charge in [-0.05, 0) is 30.7 Å². The van der Waals surface area contributed by atoms with Gasteiger partial charge in [0.05, 0.1) is 13.2 Å². The fraction of sp³-hybridized carbons (Fsp3) is 0.318. The van der Waals surface area contributed by atoms with Gasteiger partial charge in [-0.2, -0.15) is 0 Å². The molecule has 1 amide bonds. The van der Waals surface area contributed by atoms with Crippen LogP contribution in [-0.4, -0.2) is 42.2 Å². The average Bonchev–Trinajstić information content (AvgIpc) is 3.27. The van der Waals surface area contributed by atoms with Crippen LogP contribution < -0.4 is 15.0 Å². The Hall–Kier alpha value is -2.97. The van der Waals surface area contributed by atoms with Crippen molar-refractivity contribution in [1.29, 1.82) is 0 Å². The fourth-order valence-corrected chi connectivity index (χ4v) is 3.72. The number of carbonyl (C=O) groups excluding carboxylic acids is 1. The molecule has 0 saturated carbocycles. The van der Waals surface area contributed by atoms with Crippen LogP contribution in [0.15, 0.2) is 48.0 Å². The number of nitrogens with one attached hydrogen (secondary N) is 1. The van der Waals surface area contributed by atoms with E-state index in [9.17, 15) is 4.79 Å². The van der Waals surface area contributed by atoms with Gasteiger partial charge in [-0.1, -0.05) is 23.8 Å². The van der Waals surface area contributed by atoms with Crippen molar-refractivity contribution in [2.24, 2.45) is 0 Å². The molecule has 1 aliphatic heterocycles. The van der Waals surface area contributed by atoms with Crippen molar-refractivity contribution in [2.75, 3.05) is 31.2 Å². The number of aromatic nitrogens is 2. The normalized spacial score (nSPS) is 13.8. The largest absolute Gasteiger partial charge is 0.486 e. The van der Waals surface area contributed by atoms with Crippen molar-refractivity contribution < 1.29 is 14.3 Å². The Labute approximate surface area is 179 Å². The summed E-state index contributed by atoms with van der Waals surface area (Å²) >= 11 is 1.41. The summed E-state index contributed by atoms with van der Waals surface area (Å²) in [5.74, 6) is 1.52. The first-order valence-electron chi connectivity index (χ1n) is 9.87. The first-order chi connectivity index (χ1) is 14.7. The molecule has 0 unspecified atom stereocenters. The number of carbonyl (C=O) groups is 1. The van der Waals surface area contributed by atoms with Crippen LogP contribution in [0.1, 0.15) is 26.6 Å². The summed E-state index contributed by atoms with van der Waals surface area (Å²) in [6, 6.07) is 11.8. The Morgan fingerprint density at radius 2 is 2.00 bits per heavy atom. The molecule has 3 aromatic rings. The van der Waals surface area contributed by atoms with Crippen LogP contribution >= 0.6 is 11.3 Å². The van der Waals surface area contributed by atoms with Crippen LogP contribution in [-0.2, 0) is 17.9 Å².